The second-order valence-corrected chi connectivity index (χ2v) is 9.09. The lowest BCUT2D eigenvalue weighted by Crippen LogP contribution is -2.60. The lowest BCUT2D eigenvalue weighted by molar-refractivity contribution is -0.126. The maximum absolute atomic E-state index is 12.4. The van der Waals surface area contributed by atoms with Gasteiger partial charge in [0, 0.05) is 30.2 Å². The van der Waals surface area contributed by atoms with Crippen LogP contribution in [0.3, 0.4) is 0 Å². The predicted molar refractivity (Wildman–Crippen MR) is 123 cm³/mol. The molecule has 1 aromatic rings. The van der Waals surface area contributed by atoms with Gasteiger partial charge in [-0.25, -0.2) is 0 Å². The molecule has 0 spiro atoms. The van der Waals surface area contributed by atoms with Crippen LogP contribution in [0.1, 0.15) is 42.5 Å². The molecule has 0 atom stereocenters. The largest absolute Gasteiger partial charge is 0.379 e. The van der Waals surface area contributed by atoms with Crippen molar-refractivity contribution in [3.63, 3.8) is 0 Å². The first-order valence-electron chi connectivity index (χ1n) is 11.0. The zero-order valence-corrected chi connectivity index (χ0v) is 19.6. The SMILES string of the molecule is O=C(CNC(=O)CNC(=O)c1ccc(Cl)cc1Cl)NCC1(N2CCOCC2)CCCCC1. The number of amides is 3. The van der Waals surface area contributed by atoms with Crippen LogP contribution in [0.2, 0.25) is 10.0 Å². The number of rotatable bonds is 8. The Balaban J connectivity index is 1.41. The Labute approximate surface area is 198 Å². The average Bonchev–Trinajstić information content (AvgIpc) is 2.81. The maximum Gasteiger partial charge on any atom is 0.253 e. The molecule has 10 heteroatoms. The second-order valence-electron chi connectivity index (χ2n) is 8.24. The van der Waals surface area contributed by atoms with Gasteiger partial charge in [0.2, 0.25) is 11.8 Å². The van der Waals surface area contributed by atoms with Gasteiger partial charge in [-0.3, -0.25) is 19.3 Å². The number of ether oxygens (including phenoxy) is 1. The topological polar surface area (TPSA) is 99.8 Å². The normalized spacial score (nSPS) is 18.6. The van der Waals surface area contributed by atoms with E-state index in [4.69, 9.17) is 27.9 Å². The molecule has 0 unspecified atom stereocenters. The van der Waals surface area contributed by atoms with E-state index in [1.807, 2.05) is 0 Å². The summed E-state index contributed by atoms with van der Waals surface area (Å²) in [5, 5.41) is 8.64. The number of halogens is 2. The second kappa shape index (κ2) is 11.8. The first kappa shape index (κ1) is 24.8. The fourth-order valence-electron chi connectivity index (χ4n) is 4.35. The molecule has 2 aliphatic rings. The van der Waals surface area contributed by atoms with Gasteiger partial charge in [0.05, 0.1) is 36.9 Å². The molecule has 3 rings (SSSR count). The first-order valence-corrected chi connectivity index (χ1v) is 11.7. The van der Waals surface area contributed by atoms with E-state index < -0.39 is 11.8 Å². The highest BCUT2D eigenvalue weighted by Gasteiger charge is 2.38. The Kier molecular flexibility index (Phi) is 9.16. The van der Waals surface area contributed by atoms with E-state index in [0.29, 0.717) is 11.6 Å². The van der Waals surface area contributed by atoms with Crippen molar-refractivity contribution in [1.82, 2.24) is 20.9 Å². The van der Waals surface area contributed by atoms with Crippen LogP contribution in [0.5, 0.6) is 0 Å². The summed E-state index contributed by atoms with van der Waals surface area (Å²) in [4.78, 5) is 39.0. The number of hydrogen-bond acceptors (Lipinski definition) is 5. The van der Waals surface area contributed by atoms with E-state index in [1.54, 1.807) is 6.07 Å². The van der Waals surface area contributed by atoms with Crippen LogP contribution in [0.25, 0.3) is 0 Å². The number of hydrogen-bond donors (Lipinski definition) is 3. The minimum atomic E-state index is -0.490. The van der Waals surface area contributed by atoms with E-state index in [0.717, 1.165) is 52.0 Å². The molecule has 32 heavy (non-hydrogen) atoms. The predicted octanol–water partition coefficient (Wildman–Crippen LogP) is 1.99. The van der Waals surface area contributed by atoms with Crippen LogP contribution in [0.4, 0.5) is 0 Å². The Bertz CT molecular complexity index is 824. The van der Waals surface area contributed by atoms with Crippen LogP contribution >= 0.6 is 23.2 Å². The highest BCUT2D eigenvalue weighted by atomic mass is 35.5. The molecule has 3 amide bonds. The fourth-order valence-corrected chi connectivity index (χ4v) is 4.84. The van der Waals surface area contributed by atoms with E-state index >= 15 is 0 Å². The molecular weight excluding hydrogens is 455 g/mol. The van der Waals surface area contributed by atoms with Gasteiger partial charge in [-0.2, -0.15) is 0 Å². The third-order valence-corrected chi connectivity index (χ3v) is 6.66. The molecule has 1 saturated heterocycles. The third kappa shape index (κ3) is 6.81. The summed E-state index contributed by atoms with van der Waals surface area (Å²) in [6.07, 6.45) is 5.64. The first-order chi connectivity index (χ1) is 15.4. The number of nitrogens with one attached hydrogen (secondary N) is 3. The summed E-state index contributed by atoms with van der Waals surface area (Å²) in [5.74, 6) is -1.20. The van der Waals surface area contributed by atoms with Crippen LogP contribution in [0, 0.1) is 0 Å². The van der Waals surface area contributed by atoms with Gasteiger partial charge >= 0.3 is 0 Å². The molecule has 1 aliphatic carbocycles. The third-order valence-electron chi connectivity index (χ3n) is 6.11. The zero-order valence-electron chi connectivity index (χ0n) is 18.1. The van der Waals surface area contributed by atoms with Crippen molar-refractivity contribution < 1.29 is 19.1 Å². The lowest BCUT2D eigenvalue weighted by atomic mass is 9.79. The van der Waals surface area contributed by atoms with Gasteiger partial charge in [-0.15, -0.1) is 0 Å². The monoisotopic (exact) mass is 484 g/mol. The molecule has 3 N–H and O–H groups in total. The van der Waals surface area contributed by atoms with Crippen molar-refractivity contribution in [2.75, 3.05) is 45.9 Å². The molecule has 0 bridgehead atoms. The molecule has 1 saturated carbocycles. The number of benzene rings is 1. The van der Waals surface area contributed by atoms with E-state index in [1.165, 1.54) is 18.6 Å². The van der Waals surface area contributed by atoms with Gasteiger partial charge in [0.15, 0.2) is 0 Å². The Hall–Kier alpha value is -1.87. The average molecular weight is 485 g/mol. The van der Waals surface area contributed by atoms with Crippen LogP contribution in [0.15, 0.2) is 18.2 Å². The molecule has 1 aromatic carbocycles. The summed E-state index contributed by atoms with van der Waals surface area (Å²) in [7, 11) is 0. The van der Waals surface area contributed by atoms with Crippen LogP contribution in [-0.4, -0.2) is 74.1 Å². The quantitative estimate of drug-likeness (QED) is 0.523. The van der Waals surface area contributed by atoms with Crippen molar-refractivity contribution >= 4 is 40.9 Å². The Morgan fingerprint density at radius 2 is 1.59 bits per heavy atom. The van der Waals surface area contributed by atoms with Crippen molar-refractivity contribution in [2.45, 2.75) is 37.6 Å². The fraction of sp³-hybridized carbons (Fsp3) is 0.591. The Morgan fingerprint density at radius 1 is 0.938 bits per heavy atom. The zero-order chi connectivity index (χ0) is 23.0. The summed E-state index contributed by atoms with van der Waals surface area (Å²) >= 11 is 11.8. The van der Waals surface area contributed by atoms with Crippen molar-refractivity contribution in [3.05, 3.63) is 33.8 Å². The van der Waals surface area contributed by atoms with Gasteiger partial charge in [-0.1, -0.05) is 42.5 Å². The van der Waals surface area contributed by atoms with Crippen LogP contribution in [-0.2, 0) is 14.3 Å². The van der Waals surface area contributed by atoms with Crippen LogP contribution < -0.4 is 16.0 Å². The van der Waals surface area contributed by atoms with Gasteiger partial charge in [0.25, 0.3) is 5.91 Å². The van der Waals surface area contributed by atoms with Gasteiger partial charge < -0.3 is 20.7 Å². The van der Waals surface area contributed by atoms with E-state index in [9.17, 15) is 14.4 Å². The summed E-state index contributed by atoms with van der Waals surface area (Å²) in [6.45, 7) is 3.36. The molecule has 0 aromatic heterocycles. The minimum Gasteiger partial charge on any atom is -0.379 e. The molecule has 8 nitrogen and oxygen atoms in total. The standard InChI is InChI=1S/C22H30Cl2N4O4/c23-16-4-5-17(18(24)12-16)21(31)26-14-19(29)25-13-20(30)27-15-22(6-2-1-3-7-22)28-8-10-32-11-9-28/h4-5,12H,1-3,6-11,13-15H2,(H,25,29)(H,26,31)(H,27,30). The van der Waals surface area contributed by atoms with Crippen molar-refractivity contribution in [2.24, 2.45) is 0 Å². The summed E-state index contributed by atoms with van der Waals surface area (Å²) in [5.41, 5.74) is 0.190. The Morgan fingerprint density at radius 3 is 2.28 bits per heavy atom. The van der Waals surface area contributed by atoms with E-state index in [2.05, 4.69) is 20.9 Å². The summed E-state index contributed by atoms with van der Waals surface area (Å²) < 4.78 is 5.49. The lowest BCUT2D eigenvalue weighted by Gasteiger charge is -2.48. The highest BCUT2D eigenvalue weighted by molar-refractivity contribution is 6.36. The van der Waals surface area contributed by atoms with Gasteiger partial charge in [-0.05, 0) is 31.0 Å². The number of carbonyl (C=O) groups excluding carboxylic acids is 3. The molecular formula is C22H30Cl2N4O4. The smallest absolute Gasteiger partial charge is 0.253 e. The molecule has 0 radical (unpaired) electrons. The molecule has 1 heterocycles. The molecule has 2 fully saturated rings. The van der Waals surface area contributed by atoms with Crippen molar-refractivity contribution in [3.8, 4) is 0 Å². The minimum absolute atomic E-state index is 0.0342. The molecule has 176 valence electrons. The molecule has 1 aliphatic heterocycles. The van der Waals surface area contributed by atoms with Crippen molar-refractivity contribution in [1.29, 1.82) is 0 Å². The highest BCUT2D eigenvalue weighted by Crippen LogP contribution is 2.33. The summed E-state index contributed by atoms with van der Waals surface area (Å²) in [6, 6.07) is 4.49. The van der Waals surface area contributed by atoms with Gasteiger partial charge in [0.1, 0.15) is 0 Å². The maximum atomic E-state index is 12.4. The van der Waals surface area contributed by atoms with E-state index in [-0.39, 0.29) is 35.1 Å². The number of morpholine rings is 1. The number of nitrogens with zero attached hydrogens (tertiary/aromatic N) is 1. The number of carbonyl (C=O) groups is 3.